The van der Waals surface area contributed by atoms with Crippen molar-refractivity contribution in [3.8, 4) is 11.1 Å². The smallest absolute Gasteiger partial charge is 0.317 e. The number of benzene rings is 1. The van der Waals surface area contributed by atoms with Crippen molar-refractivity contribution >= 4 is 44.2 Å². The summed E-state index contributed by atoms with van der Waals surface area (Å²) in [7, 11) is 0. The van der Waals surface area contributed by atoms with Crippen LogP contribution >= 0.6 is 15.9 Å². The van der Waals surface area contributed by atoms with Gasteiger partial charge in [0.25, 0.3) is 0 Å². The summed E-state index contributed by atoms with van der Waals surface area (Å²) in [6.45, 7) is 4.17. The van der Waals surface area contributed by atoms with E-state index in [0.29, 0.717) is 18.3 Å². The minimum atomic E-state index is 0.0377. The molecule has 1 aliphatic rings. The summed E-state index contributed by atoms with van der Waals surface area (Å²) in [5, 5.41) is 8.54. The van der Waals surface area contributed by atoms with Gasteiger partial charge in [0.15, 0.2) is 0 Å². The van der Waals surface area contributed by atoms with Gasteiger partial charge in [-0.15, -0.1) is 0 Å². The van der Waals surface area contributed by atoms with E-state index in [2.05, 4.69) is 49.5 Å². The number of likely N-dealkylation sites (tertiary alicyclic amines) is 1. The van der Waals surface area contributed by atoms with Crippen molar-refractivity contribution in [3.05, 3.63) is 58.8 Å². The van der Waals surface area contributed by atoms with Crippen molar-refractivity contribution in [3.63, 3.8) is 0 Å². The van der Waals surface area contributed by atoms with E-state index in [1.807, 2.05) is 42.4 Å². The van der Waals surface area contributed by atoms with E-state index in [1.54, 1.807) is 4.52 Å². The first-order valence-corrected chi connectivity index (χ1v) is 12.2. The molecular weight excluding hydrogens is 480 g/mol. The third kappa shape index (κ3) is 4.15. The number of carbonyl (C=O) groups is 1. The summed E-state index contributed by atoms with van der Waals surface area (Å²) in [5.74, 6) is 1.10. The molecular formula is C25H27BrN6O. The Kier molecular flexibility index (Phi) is 5.93. The number of nitrogens with one attached hydrogen (secondary N) is 1. The molecule has 3 aromatic heterocycles. The fourth-order valence-electron chi connectivity index (χ4n) is 4.68. The van der Waals surface area contributed by atoms with E-state index in [4.69, 9.17) is 5.73 Å². The molecule has 0 spiro atoms. The topological polar surface area (TPSA) is 88.5 Å². The lowest BCUT2D eigenvalue weighted by Crippen LogP contribution is -2.44. The summed E-state index contributed by atoms with van der Waals surface area (Å²) in [5.41, 5.74) is 11.6. The normalized spacial score (nSPS) is 14.8. The molecule has 7 nitrogen and oxygen atoms in total. The molecule has 0 aliphatic carbocycles. The standard InChI is InChI=1S/C25H27BrN6O/c1-2-28-25(33)31-9-7-16(8-10-31)11-18-13-22-20(15-30-32(22)24(27)23(18)26)19-12-17-5-3-4-6-21(17)29-14-19/h3-6,12-16H,2,7-11,27H2,1H3,(H,28,33). The highest BCUT2D eigenvalue weighted by atomic mass is 79.9. The predicted octanol–water partition coefficient (Wildman–Crippen LogP) is 4.88. The first-order valence-electron chi connectivity index (χ1n) is 11.4. The summed E-state index contributed by atoms with van der Waals surface area (Å²) in [6, 6.07) is 12.5. The van der Waals surface area contributed by atoms with Crippen LogP contribution in [0.3, 0.4) is 0 Å². The van der Waals surface area contributed by atoms with E-state index in [-0.39, 0.29) is 6.03 Å². The molecule has 1 aliphatic heterocycles. The zero-order valence-corrected chi connectivity index (χ0v) is 20.2. The van der Waals surface area contributed by atoms with Crippen LogP contribution in [0.5, 0.6) is 0 Å². The molecule has 1 aromatic carbocycles. The minimum absolute atomic E-state index is 0.0377. The number of nitrogens with zero attached hydrogens (tertiary/aromatic N) is 4. The summed E-state index contributed by atoms with van der Waals surface area (Å²) in [4.78, 5) is 18.6. The lowest BCUT2D eigenvalue weighted by Gasteiger charge is -2.32. The van der Waals surface area contributed by atoms with Crippen LogP contribution in [0.2, 0.25) is 0 Å². The number of pyridine rings is 2. The second kappa shape index (κ2) is 9.02. The number of nitrogen functional groups attached to an aromatic ring is 1. The number of fused-ring (bicyclic) bond motifs is 2. The Morgan fingerprint density at radius 1 is 1.21 bits per heavy atom. The van der Waals surface area contributed by atoms with Gasteiger partial charge in [-0.05, 0) is 71.8 Å². The van der Waals surface area contributed by atoms with Gasteiger partial charge in [-0.25, -0.2) is 9.31 Å². The maximum atomic E-state index is 12.1. The lowest BCUT2D eigenvalue weighted by atomic mass is 9.90. The summed E-state index contributed by atoms with van der Waals surface area (Å²) >= 11 is 3.71. The quantitative estimate of drug-likeness (QED) is 0.412. The molecule has 33 heavy (non-hydrogen) atoms. The largest absolute Gasteiger partial charge is 0.383 e. The van der Waals surface area contributed by atoms with Gasteiger partial charge >= 0.3 is 6.03 Å². The average molecular weight is 507 g/mol. The number of aromatic nitrogens is 3. The molecule has 0 bridgehead atoms. The predicted molar refractivity (Wildman–Crippen MR) is 135 cm³/mol. The molecule has 3 N–H and O–H groups in total. The van der Waals surface area contributed by atoms with Gasteiger partial charge < -0.3 is 16.0 Å². The fourth-order valence-corrected chi connectivity index (χ4v) is 5.12. The zero-order valence-electron chi connectivity index (χ0n) is 18.6. The highest BCUT2D eigenvalue weighted by Gasteiger charge is 2.24. The first-order chi connectivity index (χ1) is 16.0. The van der Waals surface area contributed by atoms with E-state index in [1.165, 1.54) is 5.56 Å². The molecule has 1 fully saturated rings. The molecule has 8 heteroatoms. The van der Waals surface area contributed by atoms with Crippen LogP contribution in [0.25, 0.3) is 27.5 Å². The Balaban J connectivity index is 1.43. The Morgan fingerprint density at radius 3 is 2.79 bits per heavy atom. The van der Waals surface area contributed by atoms with Crippen molar-refractivity contribution in [2.24, 2.45) is 5.92 Å². The van der Waals surface area contributed by atoms with Crippen molar-refractivity contribution in [2.75, 3.05) is 25.4 Å². The molecule has 2 amide bonds. The van der Waals surface area contributed by atoms with Crippen LogP contribution in [0, 0.1) is 5.92 Å². The molecule has 4 aromatic rings. The SMILES string of the molecule is CCNC(=O)N1CCC(Cc2cc3c(-c4cnc5ccccc5c4)cnn3c(N)c2Br)CC1. The van der Waals surface area contributed by atoms with Crippen LogP contribution in [-0.4, -0.2) is 45.2 Å². The van der Waals surface area contributed by atoms with Gasteiger partial charge in [0.05, 0.1) is 21.7 Å². The maximum Gasteiger partial charge on any atom is 0.317 e. The number of amides is 2. The number of piperidine rings is 1. The Hall–Kier alpha value is -3.13. The molecule has 4 heterocycles. The number of hydrogen-bond donors (Lipinski definition) is 2. The maximum absolute atomic E-state index is 12.1. The van der Waals surface area contributed by atoms with Gasteiger partial charge in [-0.2, -0.15) is 5.10 Å². The number of anilines is 1. The van der Waals surface area contributed by atoms with Gasteiger partial charge in [-0.3, -0.25) is 4.98 Å². The molecule has 0 radical (unpaired) electrons. The Morgan fingerprint density at radius 2 is 2.00 bits per heavy atom. The number of nitrogens with two attached hydrogens (primary N) is 1. The van der Waals surface area contributed by atoms with Gasteiger partial charge in [0, 0.05) is 42.3 Å². The molecule has 0 unspecified atom stereocenters. The molecule has 1 saturated heterocycles. The highest BCUT2D eigenvalue weighted by Crippen LogP contribution is 2.35. The summed E-state index contributed by atoms with van der Waals surface area (Å²) in [6.07, 6.45) is 6.63. The molecule has 5 rings (SSSR count). The summed E-state index contributed by atoms with van der Waals surface area (Å²) < 4.78 is 2.68. The highest BCUT2D eigenvalue weighted by molar-refractivity contribution is 9.10. The van der Waals surface area contributed by atoms with E-state index in [9.17, 15) is 4.79 Å². The van der Waals surface area contributed by atoms with Crippen LogP contribution < -0.4 is 11.1 Å². The van der Waals surface area contributed by atoms with Crippen molar-refractivity contribution in [1.29, 1.82) is 0 Å². The van der Waals surface area contributed by atoms with E-state index < -0.39 is 0 Å². The van der Waals surface area contributed by atoms with Gasteiger partial charge in [0.1, 0.15) is 5.82 Å². The third-order valence-electron chi connectivity index (χ3n) is 6.49. The Labute approximate surface area is 201 Å². The molecule has 0 atom stereocenters. The first kappa shape index (κ1) is 21.7. The van der Waals surface area contributed by atoms with Crippen LogP contribution in [0.4, 0.5) is 10.6 Å². The van der Waals surface area contributed by atoms with Crippen molar-refractivity contribution < 1.29 is 4.79 Å². The molecule has 0 saturated carbocycles. The molecule has 170 valence electrons. The van der Waals surface area contributed by atoms with Gasteiger partial charge in [0.2, 0.25) is 0 Å². The van der Waals surface area contributed by atoms with Crippen molar-refractivity contribution in [1.82, 2.24) is 24.8 Å². The number of rotatable bonds is 4. The number of urea groups is 1. The van der Waals surface area contributed by atoms with Crippen LogP contribution in [-0.2, 0) is 6.42 Å². The van der Waals surface area contributed by atoms with E-state index in [0.717, 1.165) is 64.4 Å². The zero-order chi connectivity index (χ0) is 22.9. The van der Waals surface area contributed by atoms with Crippen LogP contribution in [0.15, 0.2) is 53.3 Å². The number of carbonyl (C=O) groups excluding carboxylic acids is 1. The third-order valence-corrected chi connectivity index (χ3v) is 7.41. The monoisotopic (exact) mass is 506 g/mol. The van der Waals surface area contributed by atoms with Crippen LogP contribution in [0.1, 0.15) is 25.3 Å². The van der Waals surface area contributed by atoms with Gasteiger partial charge in [-0.1, -0.05) is 18.2 Å². The fraction of sp³-hybridized carbons (Fsp3) is 0.320. The number of halogens is 1. The second-order valence-corrected chi connectivity index (χ2v) is 9.40. The lowest BCUT2D eigenvalue weighted by molar-refractivity contribution is 0.171. The second-order valence-electron chi connectivity index (χ2n) is 8.61. The average Bonchev–Trinajstić information content (AvgIpc) is 3.26. The Bertz CT molecular complexity index is 1330. The number of hydrogen-bond acceptors (Lipinski definition) is 4. The van der Waals surface area contributed by atoms with E-state index >= 15 is 0 Å². The number of para-hydroxylation sites is 1. The minimum Gasteiger partial charge on any atom is -0.383 e. The van der Waals surface area contributed by atoms with Crippen molar-refractivity contribution in [2.45, 2.75) is 26.2 Å².